The molecule has 0 spiro atoms. The first-order valence-corrected chi connectivity index (χ1v) is 13.5. The molecule has 1 unspecified atom stereocenters. The zero-order valence-corrected chi connectivity index (χ0v) is 22.1. The Morgan fingerprint density at radius 1 is 0.886 bits per heavy atom. The van der Waals surface area contributed by atoms with Crippen LogP contribution in [0.5, 0.6) is 0 Å². The number of hydrogen-bond acceptors (Lipinski definition) is 3. The Labute approximate surface area is 222 Å². The van der Waals surface area contributed by atoms with Gasteiger partial charge in [0.15, 0.2) is 0 Å². The van der Waals surface area contributed by atoms with Crippen molar-refractivity contribution in [3.8, 4) is 0 Å². The summed E-state index contributed by atoms with van der Waals surface area (Å²) in [5, 5.41) is 4.28. The van der Waals surface area contributed by atoms with E-state index in [9.17, 15) is 9.59 Å². The fourth-order valence-electron chi connectivity index (χ4n) is 3.67. The van der Waals surface area contributed by atoms with E-state index in [1.807, 2.05) is 79.7 Å². The SMILES string of the molecule is CCCNC(=O)C(Cc1ccccc1)N(Cc1cccc(Cl)c1)C(=O)CSCc1ccc(Cl)cc1. The van der Waals surface area contributed by atoms with Crippen molar-refractivity contribution in [1.82, 2.24) is 10.2 Å². The Morgan fingerprint density at radius 2 is 1.60 bits per heavy atom. The van der Waals surface area contributed by atoms with E-state index in [-0.39, 0.29) is 17.6 Å². The smallest absolute Gasteiger partial charge is 0.243 e. The van der Waals surface area contributed by atoms with Crippen molar-refractivity contribution in [2.75, 3.05) is 12.3 Å². The number of carbonyl (C=O) groups is 2. The third-order valence-corrected chi connectivity index (χ3v) is 6.95. The number of carbonyl (C=O) groups excluding carboxylic acids is 2. The number of amides is 2. The van der Waals surface area contributed by atoms with E-state index in [2.05, 4.69) is 5.32 Å². The number of halogens is 2. The van der Waals surface area contributed by atoms with Gasteiger partial charge in [0.1, 0.15) is 6.04 Å². The average molecular weight is 530 g/mol. The molecule has 3 aromatic carbocycles. The van der Waals surface area contributed by atoms with Crippen LogP contribution in [0, 0.1) is 0 Å². The minimum Gasteiger partial charge on any atom is -0.354 e. The highest BCUT2D eigenvalue weighted by Crippen LogP contribution is 2.20. The van der Waals surface area contributed by atoms with Crippen LogP contribution >= 0.6 is 35.0 Å². The van der Waals surface area contributed by atoms with E-state index >= 15 is 0 Å². The molecule has 3 rings (SSSR count). The summed E-state index contributed by atoms with van der Waals surface area (Å²) in [6.07, 6.45) is 1.26. The van der Waals surface area contributed by atoms with Gasteiger partial charge in [0, 0.05) is 35.3 Å². The van der Waals surface area contributed by atoms with Gasteiger partial charge in [-0.1, -0.05) is 84.7 Å². The predicted molar refractivity (Wildman–Crippen MR) is 147 cm³/mol. The molecule has 4 nitrogen and oxygen atoms in total. The highest BCUT2D eigenvalue weighted by molar-refractivity contribution is 7.99. The summed E-state index contributed by atoms with van der Waals surface area (Å²) in [5.41, 5.74) is 2.98. The van der Waals surface area contributed by atoms with Crippen LogP contribution in [-0.4, -0.2) is 35.1 Å². The van der Waals surface area contributed by atoms with Crippen LogP contribution in [0.15, 0.2) is 78.9 Å². The topological polar surface area (TPSA) is 49.4 Å². The number of rotatable bonds is 12. The molecule has 0 bridgehead atoms. The molecule has 0 aliphatic carbocycles. The molecule has 0 fully saturated rings. The van der Waals surface area contributed by atoms with Crippen LogP contribution in [0.2, 0.25) is 10.0 Å². The van der Waals surface area contributed by atoms with Gasteiger partial charge in [-0.05, 0) is 47.4 Å². The van der Waals surface area contributed by atoms with Crippen molar-refractivity contribution in [1.29, 1.82) is 0 Å². The number of nitrogens with one attached hydrogen (secondary N) is 1. The molecule has 2 amide bonds. The van der Waals surface area contributed by atoms with Gasteiger partial charge < -0.3 is 10.2 Å². The number of benzene rings is 3. The van der Waals surface area contributed by atoms with E-state index in [1.165, 1.54) is 11.8 Å². The van der Waals surface area contributed by atoms with E-state index in [0.29, 0.717) is 35.3 Å². The summed E-state index contributed by atoms with van der Waals surface area (Å²) in [6.45, 7) is 2.88. The van der Waals surface area contributed by atoms with Gasteiger partial charge in [0.25, 0.3) is 0 Å². The van der Waals surface area contributed by atoms with Gasteiger partial charge >= 0.3 is 0 Å². The largest absolute Gasteiger partial charge is 0.354 e. The maximum atomic E-state index is 13.6. The molecule has 0 aliphatic heterocycles. The van der Waals surface area contributed by atoms with E-state index in [1.54, 1.807) is 11.0 Å². The van der Waals surface area contributed by atoms with Crippen molar-refractivity contribution in [2.45, 2.75) is 38.1 Å². The Hall–Kier alpha value is -2.47. The van der Waals surface area contributed by atoms with Crippen molar-refractivity contribution in [2.24, 2.45) is 0 Å². The minimum atomic E-state index is -0.633. The van der Waals surface area contributed by atoms with Crippen molar-refractivity contribution in [3.05, 3.63) is 106 Å². The molecule has 0 heterocycles. The summed E-state index contributed by atoms with van der Waals surface area (Å²) < 4.78 is 0. The lowest BCUT2D eigenvalue weighted by Crippen LogP contribution is -2.51. The number of hydrogen-bond donors (Lipinski definition) is 1. The molecule has 0 aliphatic rings. The predicted octanol–water partition coefficient (Wildman–Crippen LogP) is 6.39. The van der Waals surface area contributed by atoms with Crippen LogP contribution in [0.3, 0.4) is 0 Å². The second kappa shape index (κ2) is 14.2. The first kappa shape index (κ1) is 27.1. The lowest BCUT2D eigenvalue weighted by atomic mass is 10.0. The lowest BCUT2D eigenvalue weighted by Gasteiger charge is -2.31. The molecular weight excluding hydrogens is 499 g/mol. The highest BCUT2D eigenvalue weighted by atomic mass is 35.5. The lowest BCUT2D eigenvalue weighted by molar-refractivity contribution is -0.139. The summed E-state index contributed by atoms with van der Waals surface area (Å²) in [5.74, 6) is 0.708. The van der Waals surface area contributed by atoms with E-state index in [0.717, 1.165) is 23.1 Å². The zero-order chi connectivity index (χ0) is 25.0. The number of thioether (sulfide) groups is 1. The molecule has 1 atom stereocenters. The Morgan fingerprint density at radius 3 is 2.29 bits per heavy atom. The fraction of sp³-hybridized carbons (Fsp3) is 0.286. The average Bonchev–Trinajstić information content (AvgIpc) is 2.86. The first-order chi connectivity index (χ1) is 17.0. The van der Waals surface area contributed by atoms with Crippen LogP contribution in [-0.2, 0) is 28.3 Å². The Kier molecular flexibility index (Phi) is 11.0. The molecule has 184 valence electrons. The summed E-state index contributed by atoms with van der Waals surface area (Å²) >= 11 is 13.7. The fourth-order valence-corrected chi connectivity index (χ4v) is 4.88. The Bertz CT molecular complexity index is 1090. The maximum Gasteiger partial charge on any atom is 0.243 e. The zero-order valence-electron chi connectivity index (χ0n) is 19.8. The van der Waals surface area contributed by atoms with Crippen molar-refractivity contribution in [3.63, 3.8) is 0 Å². The third-order valence-electron chi connectivity index (χ3n) is 5.47. The molecule has 7 heteroatoms. The molecule has 0 saturated carbocycles. The van der Waals surface area contributed by atoms with Crippen molar-refractivity contribution < 1.29 is 9.59 Å². The third kappa shape index (κ3) is 8.92. The molecule has 3 aromatic rings. The second-order valence-electron chi connectivity index (χ2n) is 8.27. The van der Waals surface area contributed by atoms with Crippen LogP contribution in [0.4, 0.5) is 0 Å². The van der Waals surface area contributed by atoms with E-state index in [4.69, 9.17) is 23.2 Å². The quantitative estimate of drug-likeness (QED) is 0.296. The normalized spacial score (nSPS) is 11.6. The second-order valence-corrected chi connectivity index (χ2v) is 10.1. The van der Waals surface area contributed by atoms with Gasteiger partial charge in [-0.3, -0.25) is 9.59 Å². The van der Waals surface area contributed by atoms with Gasteiger partial charge in [-0.15, -0.1) is 11.8 Å². The van der Waals surface area contributed by atoms with Gasteiger partial charge in [-0.2, -0.15) is 0 Å². The monoisotopic (exact) mass is 528 g/mol. The molecule has 0 radical (unpaired) electrons. The Balaban J connectivity index is 1.82. The van der Waals surface area contributed by atoms with Gasteiger partial charge in [-0.25, -0.2) is 0 Å². The summed E-state index contributed by atoms with van der Waals surface area (Å²) in [6, 6.07) is 24.2. The van der Waals surface area contributed by atoms with Gasteiger partial charge in [0.05, 0.1) is 5.75 Å². The molecule has 0 saturated heterocycles. The van der Waals surface area contributed by atoms with Crippen molar-refractivity contribution >= 4 is 46.8 Å². The minimum absolute atomic E-state index is 0.0866. The van der Waals surface area contributed by atoms with Gasteiger partial charge in [0.2, 0.25) is 11.8 Å². The van der Waals surface area contributed by atoms with Crippen LogP contribution < -0.4 is 5.32 Å². The molecule has 0 aromatic heterocycles. The maximum absolute atomic E-state index is 13.6. The standard InChI is InChI=1S/C28H30Cl2N2O2S/c1-2-15-31-28(34)26(17-21-7-4-3-5-8-21)32(18-23-9-6-10-25(30)16-23)27(33)20-35-19-22-11-13-24(29)14-12-22/h3-14,16,26H,2,15,17-20H2,1H3,(H,31,34). The number of nitrogens with zero attached hydrogens (tertiary/aromatic N) is 1. The highest BCUT2D eigenvalue weighted by Gasteiger charge is 2.30. The van der Waals surface area contributed by atoms with Crippen LogP contribution in [0.25, 0.3) is 0 Å². The summed E-state index contributed by atoms with van der Waals surface area (Å²) in [4.78, 5) is 28.5. The molecule has 35 heavy (non-hydrogen) atoms. The molecule has 1 N–H and O–H groups in total. The first-order valence-electron chi connectivity index (χ1n) is 11.6. The summed E-state index contributed by atoms with van der Waals surface area (Å²) in [7, 11) is 0. The van der Waals surface area contributed by atoms with Crippen LogP contribution in [0.1, 0.15) is 30.0 Å². The molecular formula is C28H30Cl2N2O2S. The van der Waals surface area contributed by atoms with E-state index < -0.39 is 6.04 Å².